The van der Waals surface area contributed by atoms with Gasteiger partial charge in [-0.1, -0.05) is 0 Å². The van der Waals surface area contributed by atoms with Crippen LogP contribution in [0.1, 0.15) is 16.3 Å². The summed E-state index contributed by atoms with van der Waals surface area (Å²) in [5.41, 5.74) is 0.528. The Balaban J connectivity index is 1.90. The topological polar surface area (TPSA) is 89.8 Å². The molecule has 0 bridgehead atoms. The SMILES string of the molecule is Cc1cc(=O)n(CCNC(=O)c2ncccn2)cn1. The Hall–Kier alpha value is -2.57. The number of hydrogen-bond donors (Lipinski definition) is 1. The Labute approximate surface area is 109 Å². The van der Waals surface area contributed by atoms with Gasteiger partial charge in [-0.2, -0.15) is 0 Å². The number of aryl methyl sites for hydroxylation is 1. The van der Waals surface area contributed by atoms with Gasteiger partial charge in [0.1, 0.15) is 0 Å². The first-order chi connectivity index (χ1) is 9.16. The largest absolute Gasteiger partial charge is 0.348 e. The van der Waals surface area contributed by atoms with Gasteiger partial charge >= 0.3 is 0 Å². The fraction of sp³-hybridized carbons (Fsp3) is 0.250. The minimum Gasteiger partial charge on any atom is -0.348 e. The average molecular weight is 259 g/mol. The minimum absolute atomic E-state index is 0.108. The van der Waals surface area contributed by atoms with Crippen LogP contribution in [0.4, 0.5) is 0 Å². The summed E-state index contributed by atoms with van der Waals surface area (Å²) in [6, 6.07) is 3.08. The maximum atomic E-state index is 11.6. The van der Waals surface area contributed by atoms with Gasteiger partial charge < -0.3 is 5.32 Å². The number of aromatic nitrogens is 4. The number of rotatable bonds is 4. The first-order valence-electron chi connectivity index (χ1n) is 5.75. The van der Waals surface area contributed by atoms with E-state index in [0.29, 0.717) is 18.8 Å². The molecule has 0 saturated carbocycles. The van der Waals surface area contributed by atoms with Gasteiger partial charge in [-0.25, -0.2) is 15.0 Å². The second-order valence-electron chi connectivity index (χ2n) is 3.89. The van der Waals surface area contributed by atoms with Crippen molar-refractivity contribution in [1.29, 1.82) is 0 Å². The fourth-order valence-corrected chi connectivity index (χ4v) is 1.47. The smallest absolute Gasteiger partial charge is 0.289 e. The van der Waals surface area contributed by atoms with E-state index in [2.05, 4.69) is 20.3 Å². The minimum atomic E-state index is -0.367. The summed E-state index contributed by atoms with van der Waals surface area (Å²) in [6.45, 7) is 2.41. The molecule has 0 atom stereocenters. The van der Waals surface area contributed by atoms with E-state index in [4.69, 9.17) is 0 Å². The van der Waals surface area contributed by atoms with Crippen molar-refractivity contribution in [3.05, 3.63) is 52.7 Å². The normalized spacial score (nSPS) is 10.2. The maximum Gasteiger partial charge on any atom is 0.289 e. The van der Waals surface area contributed by atoms with E-state index in [9.17, 15) is 9.59 Å². The van der Waals surface area contributed by atoms with E-state index in [1.165, 1.54) is 29.4 Å². The number of carbonyl (C=O) groups is 1. The highest BCUT2D eigenvalue weighted by Gasteiger charge is 2.06. The highest BCUT2D eigenvalue weighted by Crippen LogP contribution is 1.88. The molecule has 0 aliphatic heterocycles. The average Bonchev–Trinajstić information content (AvgIpc) is 2.42. The zero-order valence-electron chi connectivity index (χ0n) is 10.4. The number of nitrogens with one attached hydrogen (secondary N) is 1. The molecule has 0 spiro atoms. The second-order valence-corrected chi connectivity index (χ2v) is 3.89. The quantitative estimate of drug-likeness (QED) is 0.819. The third-order valence-corrected chi connectivity index (χ3v) is 2.42. The molecule has 1 N–H and O–H groups in total. The second kappa shape index (κ2) is 5.85. The molecule has 0 fully saturated rings. The molecule has 2 aromatic rings. The van der Waals surface area contributed by atoms with Crippen LogP contribution in [-0.2, 0) is 6.54 Å². The molecule has 0 aliphatic rings. The summed E-state index contributed by atoms with van der Waals surface area (Å²) < 4.78 is 1.43. The van der Waals surface area contributed by atoms with Crippen molar-refractivity contribution < 1.29 is 4.79 Å². The summed E-state index contributed by atoms with van der Waals surface area (Å²) in [4.78, 5) is 34.9. The van der Waals surface area contributed by atoms with Crippen LogP contribution in [0, 0.1) is 6.92 Å². The fourth-order valence-electron chi connectivity index (χ4n) is 1.47. The molecule has 2 heterocycles. The molecule has 0 aromatic carbocycles. The van der Waals surface area contributed by atoms with Gasteiger partial charge in [-0.15, -0.1) is 0 Å². The summed E-state index contributed by atoms with van der Waals surface area (Å²) >= 11 is 0. The van der Waals surface area contributed by atoms with E-state index in [1.807, 2.05) is 0 Å². The monoisotopic (exact) mass is 259 g/mol. The lowest BCUT2D eigenvalue weighted by Gasteiger charge is -2.06. The van der Waals surface area contributed by atoms with Gasteiger partial charge in [-0.05, 0) is 13.0 Å². The maximum absolute atomic E-state index is 11.6. The number of carbonyl (C=O) groups excluding carboxylic acids is 1. The van der Waals surface area contributed by atoms with Gasteiger partial charge in [0, 0.05) is 37.2 Å². The molecule has 2 aromatic heterocycles. The lowest BCUT2D eigenvalue weighted by molar-refractivity contribution is 0.0941. The van der Waals surface area contributed by atoms with Crippen LogP contribution >= 0.6 is 0 Å². The van der Waals surface area contributed by atoms with Crippen LogP contribution in [0.25, 0.3) is 0 Å². The van der Waals surface area contributed by atoms with Gasteiger partial charge in [0.15, 0.2) is 0 Å². The number of amides is 1. The molecule has 0 radical (unpaired) electrons. The molecule has 19 heavy (non-hydrogen) atoms. The molecule has 98 valence electrons. The van der Waals surface area contributed by atoms with Crippen LogP contribution in [0.5, 0.6) is 0 Å². The molecule has 0 aliphatic carbocycles. The van der Waals surface area contributed by atoms with Crippen molar-refractivity contribution in [3.8, 4) is 0 Å². The molecule has 1 amide bonds. The summed E-state index contributed by atoms with van der Waals surface area (Å²) in [7, 11) is 0. The van der Waals surface area contributed by atoms with Crippen LogP contribution in [0.15, 0.2) is 35.6 Å². The van der Waals surface area contributed by atoms with Crippen LogP contribution in [0.3, 0.4) is 0 Å². The van der Waals surface area contributed by atoms with E-state index in [1.54, 1.807) is 13.0 Å². The van der Waals surface area contributed by atoms with Crippen LogP contribution in [0.2, 0.25) is 0 Å². The predicted molar refractivity (Wildman–Crippen MR) is 67.6 cm³/mol. The van der Waals surface area contributed by atoms with Gasteiger partial charge in [0.25, 0.3) is 11.5 Å². The highest BCUT2D eigenvalue weighted by atomic mass is 16.2. The molecule has 2 rings (SSSR count). The molecule has 0 saturated heterocycles. The van der Waals surface area contributed by atoms with Crippen molar-refractivity contribution in [3.63, 3.8) is 0 Å². The van der Waals surface area contributed by atoms with Crippen molar-refractivity contribution in [2.45, 2.75) is 13.5 Å². The van der Waals surface area contributed by atoms with Gasteiger partial charge in [0.2, 0.25) is 5.82 Å². The van der Waals surface area contributed by atoms with Crippen molar-refractivity contribution in [2.75, 3.05) is 6.54 Å². The summed E-state index contributed by atoms with van der Waals surface area (Å²) in [5.74, 6) is -0.259. The standard InChI is InChI=1S/C12H13N5O2/c1-9-7-10(18)17(8-16-9)6-5-15-12(19)11-13-3-2-4-14-11/h2-4,7-8H,5-6H2,1H3,(H,15,19). The van der Waals surface area contributed by atoms with E-state index in [0.717, 1.165) is 0 Å². The van der Waals surface area contributed by atoms with Crippen molar-refractivity contribution in [1.82, 2.24) is 24.8 Å². The van der Waals surface area contributed by atoms with E-state index < -0.39 is 0 Å². The van der Waals surface area contributed by atoms with E-state index in [-0.39, 0.29) is 17.3 Å². The van der Waals surface area contributed by atoms with Crippen LogP contribution in [-0.4, -0.2) is 32.0 Å². The zero-order chi connectivity index (χ0) is 13.7. The Kier molecular flexibility index (Phi) is 3.97. The number of nitrogens with zero attached hydrogens (tertiary/aromatic N) is 4. The van der Waals surface area contributed by atoms with Gasteiger partial charge in [-0.3, -0.25) is 14.2 Å². The lowest BCUT2D eigenvalue weighted by Crippen LogP contribution is -2.31. The predicted octanol–water partition coefficient (Wildman–Crippen LogP) is -0.228. The molecule has 7 heteroatoms. The molecule has 0 unspecified atom stereocenters. The van der Waals surface area contributed by atoms with Gasteiger partial charge in [0.05, 0.1) is 6.33 Å². The third kappa shape index (κ3) is 3.44. The zero-order valence-corrected chi connectivity index (χ0v) is 10.4. The molecular formula is C12H13N5O2. The van der Waals surface area contributed by atoms with Crippen molar-refractivity contribution in [2.24, 2.45) is 0 Å². The highest BCUT2D eigenvalue weighted by molar-refractivity contribution is 5.90. The lowest BCUT2D eigenvalue weighted by atomic mass is 10.4. The Morgan fingerprint density at radius 1 is 1.32 bits per heavy atom. The first-order valence-corrected chi connectivity index (χ1v) is 5.75. The first kappa shape index (κ1) is 12.9. The number of hydrogen-bond acceptors (Lipinski definition) is 5. The Bertz CT molecular complexity index is 624. The Morgan fingerprint density at radius 3 is 2.74 bits per heavy atom. The molecular weight excluding hydrogens is 246 g/mol. The van der Waals surface area contributed by atoms with Crippen molar-refractivity contribution >= 4 is 5.91 Å². The Morgan fingerprint density at radius 2 is 2.05 bits per heavy atom. The third-order valence-electron chi connectivity index (χ3n) is 2.42. The van der Waals surface area contributed by atoms with Crippen LogP contribution < -0.4 is 10.9 Å². The molecule has 7 nitrogen and oxygen atoms in total. The summed E-state index contributed by atoms with van der Waals surface area (Å²) in [5, 5.41) is 2.64. The van der Waals surface area contributed by atoms with E-state index >= 15 is 0 Å². The summed E-state index contributed by atoms with van der Waals surface area (Å²) in [6.07, 6.45) is 4.45.